The number of hydrogen-bond acceptors (Lipinski definition) is 3. The smallest absolute Gasteiger partial charge is 0.274 e. The first-order chi connectivity index (χ1) is 11.5. The predicted molar refractivity (Wildman–Crippen MR) is 90.0 cm³/mol. The van der Waals surface area contributed by atoms with Crippen LogP contribution >= 0.6 is 11.6 Å². The third-order valence-electron chi connectivity index (χ3n) is 5.22. The van der Waals surface area contributed by atoms with Gasteiger partial charge >= 0.3 is 0 Å². The molecule has 2 aromatic heterocycles. The van der Waals surface area contributed by atoms with Crippen molar-refractivity contribution < 1.29 is 9.59 Å². The minimum absolute atomic E-state index is 0.118. The molecule has 2 aliphatic heterocycles. The third-order valence-corrected chi connectivity index (χ3v) is 5.45. The molecule has 7 heteroatoms. The molecule has 0 aromatic carbocycles. The standard InChI is InChI=1S/C17H19ClN4O2/c1-20-7-2-5-17(16(20)24)6-8-21(11-17)15(23)13-10-22-9-12(18)3-4-14(22)19-13/h3-4,9-10H,2,5-8,11H2,1H3/t17-/m0/s1. The van der Waals surface area contributed by atoms with Crippen molar-refractivity contribution in [1.82, 2.24) is 19.2 Å². The monoisotopic (exact) mass is 346 g/mol. The van der Waals surface area contributed by atoms with Gasteiger partial charge in [0, 0.05) is 39.1 Å². The fraction of sp³-hybridized carbons (Fsp3) is 0.471. The lowest BCUT2D eigenvalue weighted by molar-refractivity contribution is -0.143. The number of imidazole rings is 1. The number of fused-ring (bicyclic) bond motifs is 1. The highest BCUT2D eigenvalue weighted by Crippen LogP contribution is 2.40. The van der Waals surface area contributed by atoms with Crippen molar-refractivity contribution in [3.63, 3.8) is 0 Å². The van der Waals surface area contributed by atoms with Gasteiger partial charge in [0.15, 0.2) is 0 Å². The van der Waals surface area contributed by atoms with Gasteiger partial charge in [-0.05, 0) is 31.4 Å². The lowest BCUT2D eigenvalue weighted by atomic mass is 9.78. The van der Waals surface area contributed by atoms with Crippen LogP contribution in [0.15, 0.2) is 24.5 Å². The van der Waals surface area contributed by atoms with Crippen molar-refractivity contribution in [1.29, 1.82) is 0 Å². The van der Waals surface area contributed by atoms with Crippen molar-refractivity contribution in [2.75, 3.05) is 26.7 Å². The number of hydrogen-bond donors (Lipinski definition) is 0. The molecule has 0 aliphatic carbocycles. The van der Waals surface area contributed by atoms with E-state index in [0.29, 0.717) is 29.5 Å². The molecule has 1 spiro atoms. The van der Waals surface area contributed by atoms with Gasteiger partial charge < -0.3 is 14.2 Å². The molecular formula is C17H19ClN4O2. The Kier molecular flexibility index (Phi) is 3.53. The van der Waals surface area contributed by atoms with E-state index in [9.17, 15) is 9.59 Å². The Labute approximate surface area is 145 Å². The highest BCUT2D eigenvalue weighted by atomic mass is 35.5. The van der Waals surface area contributed by atoms with Crippen LogP contribution in [-0.2, 0) is 4.79 Å². The summed E-state index contributed by atoms with van der Waals surface area (Å²) in [6.45, 7) is 1.90. The lowest BCUT2D eigenvalue weighted by Crippen LogP contribution is -2.48. The Morgan fingerprint density at radius 3 is 2.92 bits per heavy atom. The van der Waals surface area contributed by atoms with Crippen LogP contribution in [0.2, 0.25) is 5.02 Å². The van der Waals surface area contributed by atoms with Gasteiger partial charge in [0.1, 0.15) is 11.3 Å². The number of amides is 2. The molecule has 2 saturated heterocycles. The minimum atomic E-state index is -0.398. The fourth-order valence-electron chi connectivity index (χ4n) is 3.92. The first kappa shape index (κ1) is 15.4. The second-order valence-electron chi connectivity index (χ2n) is 6.83. The van der Waals surface area contributed by atoms with E-state index >= 15 is 0 Å². The molecule has 2 aliphatic rings. The largest absolute Gasteiger partial charge is 0.345 e. The quantitative estimate of drug-likeness (QED) is 0.794. The predicted octanol–water partition coefficient (Wildman–Crippen LogP) is 2.07. The second kappa shape index (κ2) is 5.48. The number of carbonyl (C=O) groups excluding carboxylic acids is 2. The zero-order chi connectivity index (χ0) is 16.9. The minimum Gasteiger partial charge on any atom is -0.345 e. The highest BCUT2D eigenvalue weighted by Gasteiger charge is 2.48. The van der Waals surface area contributed by atoms with Crippen molar-refractivity contribution in [2.45, 2.75) is 19.3 Å². The van der Waals surface area contributed by atoms with Crippen LogP contribution < -0.4 is 0 Å². The summed E-state index contributed by atoms with van der Waals surface area (Å²) in [7, 11) is 1.85. The number of halogens is 1. The molecule has 2 fully saturated rings. The van der Waals surface area contributed by atoms with E-state index in [2.05, 4.69) is 4.98 Å². The molecular weight excluding hydrogens is 328 g/mol. The second-order valence-corrected chi connectivity index (χ2v) is 7.26. The molecule has 0 radical (unpaired) electrons. The first-order valence-corrected chi connectivity index (χ1v) is 8.55. The molecule has 0 bridgehead atoms. The lowest BCUT2D eigenvalue weighted by Gasteiger charge is -2.37. The van der Waals surface area contributed by atoms with E-state index in [-0.39, 0.29) is 11.8 Å². The van der Waals surface area contributed by atoms with E-state index in [1.54, 1.807) is 38.7 Å². The number of aromatic nitrogens is 2. The molecule has 4 rings (SSSR count). The van der Waals surface area contributed by atoms with Crippen LogP contribution in [0.3, 0.4) is 0 Å². The van der Waals surface area contributed by atoms with Crippen LogP contribution in [0.5, 0.6) is 0 Å². The van der Waals surface area contributed by atoms with Gasteiger partial charge in [-0.15, -0.1) is 0 Å². The number of rotatable bonds is 1. The first-order valence-electron chi connectivity index (χ1n) is 8.18. The summed E-state index contributed by atoms with van der Waals surface area (Å²) in [5.41, 5.74) is 0.682. The van der Waals surface area contributed by atoms with Gasteiger partial charge in [-0.25, -0.2) is 4.98 Å². The van der Waals surface area contributed by atoms with Crippen LogP contribution in [0.25, 0.3) is 5.65 Å². The average molecular weight is 347 g/mol. The molecule has 2 amide bonds. The molecule has 0 unspecified atom stereocenters. The summed E-state index contributed by atoms with van der Waals surface area (Å²) in [5.74, 6) is 0.0542. The summed E-state index contributed by atoms with van der Waals surface area (Å²) in [4.78, 5) is 33.3. The van der Waals surface area contributed by atoms with Gasteiger partial charge in [0.2, 0.25) is 5.91 Å². The molecule has 2 aromatic rings. The summed E-state index contributed by atoms with van der Waals surface area (Å²) >= 11 is 5.98. The molecule has 24 heavy (non-hydrogen) atoms. The van der Waals surface area contributed by atoms with Crippen LogP contribution in [0.4, 0.5) is 0 Å². The van der Waals surface area contributed by atoms with Gasteiger partial charge in [-0.1, -0.05) is 11.6 Å². The SMILES string of the molecule is CN1CCC[C@@]2(CCN(C(=O)c3cn4cc(Cl)ccc4n3)C2)C1=O. The Morgan fingerprint density at radius 2 is 2.08 bits per heavy atom. The molecule has 0 N–H and O–H groups in total. The number of nitrogens with zero attached hydrogens (tertiary/aromatic N) is 4. The zero-order valence-corrected chi connectivity index (χ0v) is 14.3. The summed E-state index contributed by atoms with van der Waals surface area (Å²) in [6.07, 6.45) is 6.02. The Bertz CT molecular complexity index is 833. The van der Waals surface area contributed by atoms with E-state index < -0.39 is 5.41 Å². The zero-order valence-electron chi connectivity index (χ0n) is 13.5. The Morgan fingerprint density at radius 1 is 1.25 bits per heavy atom. The summed E-state index contributed by atoms with van der Waals surface area (Å²) in [5, 5.41) is 0.592. The molecule has 1 atom stereocenters. The fourth-order valence-corrected chi connectivity index (χ4v) is 4.09. The molecule has 6 nitrogen and oxygen atoms in total. The third kappa shape index (κ3) is 2.36. The van der Waals surface area contributed by atoms with Crippen molar-refractivity contribution in [3.8, 4) is 0 Å². The summed E-state index contributed by atoms with van der Waals surface area (Å²) in [6, 6.07) is 3.53. The maximum atomic E-state index is 12.8. The number of carbonyl (C=O) groups is 2. The maximum Gasteiger partial charge on any atom is 0.274 e. The van der Waals surface area contributed by atoms with Crippen molar-refractivity contribution in [2.24, 2.45) is 5.41 Å². The number of likely N-dealkylation sites (tertiary alicyclic amines) is 2. The summed E-state index contributed by atoms with van der Waals surface area (Å²) < 4.78 is 1.75. The van der Waals surface area contributed by atoms with Crippen molar-refractivity contribution in [3.05, 3.63) is 35.2 Å². The topological polar surface area (TPSA) is 57.9 Å². The van der Waals surface area contributed by atoms with E-state index in [1.807, 2.05) is 7.05 Å². The van der Waals surface area contributed by atoms with Crippen LogP contribution in [-0.4, -0.2) is 57.7 Å². The number of pyridine rings is 1. The molecule has 4 heterocycles. The number of piperidine rings is 1. The van der Waals surface area contributed by atoms with E-state index in [1.165, 1.54) is 0 Å². The van der Waals surface area contributed by atoms with E-state index in [0.717, 1.165) is 25.8 Å². The van der Waals surface area contributed by atoms with Gasteiger partial charge in [0.25, 0.3) is 5.91 Å². The molecule has 0 saturated carbocycles. The Hall–Kier alpha value is -2.08. The van der Waals surface area contributed by atoms with Gasteiger partial charge in [-0.2, -0.15) is 0 Å². The van der Waals surface area contributed by atoms with E-state index in [4.69, 9.17) is 11.6 Å². The Balaban J connectivity index is 1.57. The normalized spacial score (nSPS) is 24.3. The average Bonchev–Trinajstić information content (AvgIpc) is 3.16. The van der Waals surface area contributed by atoms with Gasteiger partial charge in [-0.3, -0.25) is 9.59 Å². The highest BCUT2D eigenvalue weighted by molar-refractivity contribution is 6.30. The van der Waals surface area contributed by atoms with Crippen LogP contribution in [0, 0.1) is 5.41 Å². The van der Waals surface area contributed by atoms with Crippen LogP contribution in [0.1, 0.15) is 29.8 Å². The maximum absolute atomic E-state index is 12.8. The van der Waals surface area contributed by atoms with Gasteiger partial charge in [0.05, 0.1) is 10.4 Å². The molecule has 126 valence electrons. The van der Waals surface area contributed by atoms with Crippen molar-refractivity contribution >= 4 is 29.1 Å².